The lowest BCUT2D eigenvalue weighted by Crippen LogP contribution is -1.84. The molecule has 80 valence electrons. The molecule has 0 aromatic carbocycles. The number of hydrogen-bond acceptors (Lipinski definition) is 3. The highest BCUT2D eigenvalue weighted by Gasteiger charge is 2.11. The lowest BCUT2D eigenvalue weighted by Gasteiger charge is -1.92. The van der Waals surface area contributed by atoms with E-state index in [1.807, 2.05) is 6.07 Å². The zero-order chi connectivity index (χ0) is 10.7. The van der Waals surface area contributed by atoms with Crippen LogP contribution in [0, 0.1) is 0 Å². The van der Waals surface area contributed by atoms with Crippen LogP contribution in [-0.2, 0) is 6.42 Å². The summed E-state index contributed by atoms with van der Waals surface area (Å²) in [6, 6.07) is 1.83. The van der Waals surface area contributed by atoms with Crippen LogP contribution in [0.15, 0.2) is 32.0 Å². The van der Waals surface area contributed by atoms with Gasteiger partial charge in [-0.1, -0.05) is 0 Å². The molecule has 3 nitrogen and oxygen atoms in total. The van der Waals surface area contributed by atoms with E-state index in [1.54, 1.807) is 12.5 Å². The molecule has 0 unspecified atom stereocenters. The summed E-state index contributed by atoms with van der Waals surface area (Å²) in [6.45, 7) is 0. The van der Waals surface area contributed by atoms with Gasteiger partial charge in [-0.25, -0.2) is 4.98 Å². The molecule has 0 aliphatic carbocycles. The molecule has 0 aliphatic heterocycles. The van der Waals surface area contributed by atoms with E-state index in [1.165, 1.54) is 0 Å². The van der Waals surface area contributed by atoms with Gasteiger partial charge in [0.25, 0.3) is 0 Å². The largest absolute Gasteiger partial charge is 0.457 e. The summed E-state index contributed by atoms with van der Waals surface area (Å²) in [5.74, 6) is 2.03. The highest BCUT2D eigenvalue weighted by Crippen LogP contribution is 2.29. The molecule has 0 amide bonds. The fourth-order valence-electron chi connectivity index (χ4n) is 1.24. The van der Waals surface area contributed by atoms with Crippen molar-refractivity contribution in [3.8, 4) is 11.3 Å². The van der Waals surface area contributed by atoms with E-state index in [2.05, 4.69) is 20.9 Å². The first-order chi connectivity index (χ1) is 7.31. The second-order valence-corrected chi connectivity index (χ2v) is 4.12. The van der Waals surface area contributed by atoms with E-state index in [-0.39, 0.29) is 0 Å². The Kier molecular flexibility index (Phi) is 3.49. The van der Waals surface area contributed by atoms with Crippen LogP contribution in [0.4, 0.5) is 0 Å². The number of nitrogens with zero attached hydrogens (tertiary/aromatic N) is 1. The predicted octanol–water partition coefficient (Wildman–Crippen LogP) is 3.87. The second kappa shape index (κ2) is 4.86. The van der Waals surface area contributed by atoms with Crippen LogP contribution in [0.5, 0.6) is 0 Å². The van der Waals surface area contributed by atoms with Crippen molar-refractivity contribution in [3.05, 3.63) is 29.1 Å². The fourth-order valence-corrected chi connectivity index (χ4v) is 1.81. The van der Waals surface area contributed by atoms with Crippen LogP contribution in [0.3, 0.4) is 0 Å². The van der Waals surface area contributed by atoms with Crippen LogP contribution in [0.25, 0.3) is 11.3 Å². The Morgan fingerprint density at radius 2 is 2.33 bits per heavy atom. The summed E-state index contributed by atoms with van der Waals surface area (Å²) >= 11 is 8.88. The standard InChI is InChI=1S/C10H9BrClNO2/c11-10-7(3-5-14-10)8-6-13-9(15-8)2-1-4-12/h3,5-6H,1-2,4H2. The third kappa shape index (κ3) is 2.44. The molecule has 0 radical (unpaired) electrons. The van der Waals surface area contributed by atoms with Crippen LogP contribution in [0.1, 0.15) is 12.3 Å². The van der Waals surface area contributed by atoms with Gasteiger partial charge in [-0.2, -0.15) is 0 Å². The average molecular weight is 291 g/mol. The van der Waals surface area contributed by atoms with Gasteiger partial charge < -0.3 is 8.83 Å². The Hall–Kier alpha value is -0.740. The summed E-state index contributed by atoms with van der Waals surface area (Å²) in [5.41, 5.74) is 0.875. The molecule has 0 fully saturated rings. The molecular formula is C10H9BrClNO2. The number of furan rings is 1. The minimum atomic E-state index is 0.618. The number of halogens is 2. The number of alkyl halides is 1. The van der Waals surface area contributed by atoms with Crippen molar-refractivity contribution in [3.63, 3.8) is 0 Å². The topological polar surface area (TPSA) is 39.2 Å². The van der Waals surface area contributed by atoms with Crippen molar-refractivity contribution in [1.82, 2.24) is 4.98 Å². The normalized spacial score (nSPS) is 10.8. The minimum absolute atomic E-state index is 0.618. The summed E-state index contributed by atoms with van der Waals surface area (Å²) in [5, 5.41) is 0. The van der Waals surface area contributed by atoms with E-state index in [0.29, 0.717) is 22.2 Å². The highest BCUT2D eigenvalue weighted by atomic mass is 79.9. The molecular weight excluding hydrogens is 281 g/mol. The Balaban J connectivity index is 2.17. The first-order valence-corrected chi connectivity index (χ1v) is 5.88. The number of oxazole rings is 1. The molecule has 5 heteroatoms. The van der Waals surface area contributed by atoms with Gasteiger partial charge in [-0.15, -0.1) is 11.6 Å². The molecule has 0 aliphatic rings. The van der Waals surface area contributed by atoms with Crippen molar-refractivity contribution in [2.45, 2.75) is 12.8 Å². The van der Waals surface area contributed by atoms with Gasteiger partial charge >= 0.3 is 0 Å². The zero-order valence-electron chi connectivity index (χ0n) is 7.87. The molecule has 0 saturated carbocycles. The average Bonchev–Trinajstić information content (AvgIpc) is 2.83. The number of hydrogen-bond donors (Lipinski definition) is 0. The minimum Gasteiger partial charge on any atom is -0.457 e. The monoisotopic (exact) mass is 289 g/mol. The number of aryl methyl sites for hydroxylation is 1. The van der Waals surface area contributed by atoms with Crippen molar-refractivity contribution < 1.29 is 8.83 Å². The van der Waals surface area contributed by atoms with E-state index >= 15 is 0 Å². The molecule has 0 saturated heterocycles. The first-order valence-electron chi connectivity index (χ1n) is 4.55. The fraction of sp³-hybridized carbons (Fsp3) is 0.300. The third-order valence-corrected chi connectivity index (χ3v) is 2.84. The van der Waals surface area contributed by atoms with Gasteiger partial charge in [0.2, 0.25) is 0 Å². The number of aromatic nitrogens is 1. The van der Waals surface area contributed by atoms with Crippen LogP contribution < -0.4 is 0 Å². The van der Waals surface area contributed by atoms with Gasteiger partial charge in [0.05, 0.1) is 18.0 Å². The first kappa shape index (κ1) is 10.8. The molecule has 15 heavy (non-hydrogen) atoms. The van der Waals surface area contributed by atoms with Gasteiger partial charge in [0, 0.05) is 12.3 Å². The highest BCUT2D eigenvalue weighted by molar-refractivity contribution is 9.10. The van der Waals surface area contributed by atoms with Crippen molar-refractivity contribution >= 4 is 27.5 Å². The molecule has 0 atom stereocenters. The summed E-state index contributed by atoms with van der Waals surface area (Å²) in [6.07, 6.45) is 4.92. The van der Waals surface area contributed by atoms with Gasteiger partial charge in [0.15, 0.2) is 16.3 Å². The molecule has 2 heterocycles. The molecule has 0 bridgehead atoms. The maximum absolute atomic E-state index is 5.59. The lowest BCUT2D eigenvalue weighted by molar-refractivity contribution is 0.499. The Labute approximate surface area is 101 Å². The van der Waals surface area contributed by atoms with E-state index in [4.69, 9.17) is 20.4 Å². The van der Waals surface area contributed by atoms with E-state index < -0.39 is 0 Å². The van der Waals surface area contributed by atoms with Gasteiger partial charge in [0.1, 0.15) is 0 Å². The SMILES string of the molecule is ClCCCc1ncc(-c2ccoc2Br)o1. The molecule has 2 aromatic rings. The molecule has 0 N–H and O–H groups in total. The quantitative estimate of drug-likeness (QED) is 0.802. The molecule has 0 spiro atoms. The van der Waals surface area contributed by atoms with Crippen LogP contribution in [0.2, 0.25) is 0 Å². The lowest BCUT2D eigenvalue weighted by atomic mass is 10.3. The smallest absolute Gasteiger partial charge is 0.194 e. The zero-order valence-corrected chi connectivity index (χ0v) is 10.2. The maximum atomic E-state index is 5.59. The van der Waals surface area contributed by atoms with Crippen LogP contribution in [-0.4, -0.2) is 10.9 Å². The summed E-state index contributed by atoms with van der Waals surface area (Å²) in [7, 11) is 0. The molecule has 2 rings (SSSR count). The van der Waals surface area contributed by atoms with Crippen molar-refractivity contribution in [2.24, 2.45) is 0 Å². The summed E-state index contributed by atoms with van der Waals surface area (Å²) in [4.78, 5) is 4.16. The number of rotatable bonds is 4. The molecule has 2 aromatic heterocycles. The maximum Gasteiger partial charge on any atom is 0.194 e. The van der Waals surface area contributed by atoms with E-state index in [9.17, 15) is 0 Å². The van der Waals surface area contributed by atoms with Crippen molar-refractivity contribution in [1.29, 1.82) is 0 Å². The predicted molar refractivity (Wildman–Crippen MR) is 60.9 cm³/mol. The second-order valence-electron chi connectivity index (χ2n) is 3.02. The Morgan fingerprint density at radius 3 is 3.00 bits per heavy atom. The third-order valence-electron chi connectivity index (χ3n) is 1.96. The van der Waals surface area contributed by atoms with Crippen molar-refractivity contribution in [2.75, 3.05) is 5.88 Å². The summed E-state index contributed by atoms with van der Waals surface area (Å²) < 4.78 is 11.3. The van der Waals surface area contributed by atoms with Gasteiger partial charge in [-0.05, 0) is 28.4 Å². The van der Waals surface area contributed by atoms with Crippen LogP contribution >= 0.6 is 27.5 Å². The Bertz CT molecular complexity index is 438. The van der Waals surface area contributed by atoms with E-state index in [0.717, 1.165) is 18.4 Å². The van der Waals surface area contributed by atoms with Gasteiger partial charge in [-0.3, -0.25) is 0 Å². The Morgan fingerprint density at radius 1 is 1.47 bits per heavy atom.